The van der Waals surface area contributed by atoms with E-state index in [0.29, 0.717) is 24.7 Å². The van der Waals surface area contributed by atoms with E-state index in [4.69, 9.17) is 14.3 Å². The molecule has 0 atom stereocenters. The second kappa shape index (κ2) is 9.80. The van der Waals surface area contributed by atoms with E-state index in [9.17, 15) is 4.79 Å². The minimum Gasteiger partial charge on any atom is -0.486 e. The van der Waals surface area contributed by atoms with Crippen molar-refractivity contribution in [2.45, 2.75) is 13.0 Å². The molecular formula is C25H24N2O4. The fourth-order valence-electron chi connectivity index (χ4n) is 3.36. The third-order valence-corrected chi connectivity index (χ3v) is 4.93. The van der Waals surface area contributed by atoms with Crippen molar-refractivity contribution < 1.29 is 19.1 Å². The predicted octanol–water partition coefficient (Wildman–Crippen LogP) is 4.10. The van der Waals surface area contributed by atoms with Crippen molar-refractivity contribution in [2.75, 3.05) is 19.8 Å². The van der Waals surface area contributed by atoms with Crippen molar-refractivity contribution in [1.29, 1.82) is 0 Å². The van der Waals surface area contributed by atoms with Gasteiger partial charge in [0.1, 0.15) is 13.2 Å². The third-order valence-electron chi connectivity index (χ3n) is 4.93. The Morgan fingerprint density at radius 3 is 2.19 bits per heavy atom. The number of carbonyl (C=O) groups is 1. The molecule has 158 valence electrons. The van der Waals surface area contributed by atoms with E-state index < -0.39 is 0 Å². The van der Waals surface area contributed by atoms with E-state index in [-0.39, 0.29) is 18.6 Å². The van der Waals surface area contributed by atoms with Gasteiger partial charge in [0.25, 0.3) is 5.91 Å². The van der Waals surface area contributed by atoms with Crippen LogP contribution in [0.1, 0.15) is 29.7 Å². The van der Waals surface area contributed by atoms with Crippen LogP contribution in [0, 0.1) is 0 Å². The van der Waals surface area contributed by atoms with Crippen LogP contribution in [0.5, 0.6) is 11.5 Å². The van der Waals surface area contributed by atoms with Crippen LogP contribution in [-0.4, -0.2) is 31.4 Å². The van der Waals surface area contributed by atoms with Crippen molar-refractivity contribution in [2.24, 2.45) is 5.16 Å². The molecular weight excluding hydrogens is 392 g/mol. The predicted molar refractivity (Wildman–Crippen MR) is 118 cm³/mol. The molecule has 1 aliphatic rings. The van der Waals surface area contributed by atoms with Gasteiger partial charge in [-0.25, -0.2) is 0 Å². The number of nitrogens with zero attached hydrogens (tertiary/aromatic N) is 1. The minimum atomic E-state index is -0.263. The summed E-state index contributed by atoms with van der Waals surface area (Å²) >= 11 is 0. The third kappa shape index (κ3) is 5.22. The normalized spacial score (nSPS) is 13.0. The van der Waals surface area contributed by atoms with Gasteiger partial charge >= 0.3 is 0 Å². The lowest BCUT2D eigenvalue weighted by atomic mass is 9.99. The van der Waals surface area contributed by atoms with Crippen LogP contribution in [0.15, 0.2) is 84.0 Å². The Hall–Kier alpha value is -3.80. The average molecular weight is 416 g/mol. The number of amides is 1. The summed E-state index contributed by atoms with van der Waals surface area (Å²) < 4.78 is 11.1. The van der Waals surface area contributed by atoms with Gasteiger partial charge in [-0.2, -0.15) is 0 Å². The van der Waals surface area contributed by atoms with Gasteiger partial charge in [-0.1, -0.05) is 65.8 Å². The Balaban J connectivity index is 1.39. The summed E-state index contributed by atoms with van der Waals surface area (Å²) in [5, 5.41) is 7.13. The first-order chi connectivity index (χ1) is 15.2. The van der Waals surface area contributed by atoms with Crippen molar-refractivity contribution in [3.8, 4) is 11.5 Å². The van der Waals surface area contributed by atoms with Gasteiger partial charge in [0.2, 0.25) is 0 Å². The highest BCUT2D eigenvalue weighted by molar-refractivity contribution is 5.99. The SMILES string of the molecule is C/C(=N/OCC(=O)NC(c1ccccc1)c1ccccc1)c1ccc2c(c1)OCCO2. The van der Waals surface area contributed by atoms with Crippen LogP contribution >= 0.6 is 0 Å². The summed E-state index contributed by atoms with van der Waals surface area (Å²) in [5.41, 5.74) is 3.49. The van der Waals surface area contributed by atoms with Crippen LogP contribution in [0.25, 0.3) is 0 Å². The number of fused-ring (bicyclic) bond motifs is 1. The van der Waals surface area contributed by atoms with Crippen LogP contribution in [0.3, 0.4) is 0 Å². The number of ether oxygens (including phenoxy) is 2. The molecule has 0 saturated carbocycles. The molecule has 0 bridgehead atoms. The largest absolute Gasteiger partial charge is 0.486 e. The molecule has 4 rings (SSSR count). The van der Waals surface area contributed by atoms with Crippen LogP contribution in [-0.2, 0) is 9.63 Å². The van der Waals surface area contributed by atoms with Crippen LogP contribution < -0.4 is 14.8 Å². The molecule has 0 aliphatic carbocycles. The van der Waals surface area contributed by atoms with Crippen LogP contribution in [0.2, 0.25) is 0 Å². The molecule has 0 aromatic heterocycles. The maximum absolute atomic E-state index is 12.6. The first kappa shape index (κ1) is 20.5. The van der Waals surface area contributed by atoms with E-state index in [0.717, 1.165) is 22.4 Å². The lowest BCUT2D eigenvalue weighted by Crippen LogP contribution is -2.32. The zero-order valence-corrected chi connectivity index (χ0v) is 17.3. The molecule has 0 unspecified atom stereocenters. The quantitative estimate of drug-likeness (QED) is 0.465. The highest BCUT2D eigenvalue weighted by Crippen LogP contribution is 2.31. The molecule has 1 aliphatic heterocycles. The fourth-order valence-corrected chi connectivity index (χ4v) is 3.36. The van der Waals surface area contributed by atoms with Crippen molar-refractivity contribution in [3.63, 3.8) is 0 Å². The zero-order chi connectivity index (χ0) is 21.5. The van der Waals surface area contributed by atoms with Crippen molar-refractivity contribution >= 4 is 11.6 Å². The van der Waals surface area contributed by atoms with Gasteiger partial charge in [0.05, 0.1) is 11.8 Å². The lowest BCUT2D eigenvalue weighted by molar-refractivity contribution is -0.126. The molecule has 3 aromatic rings. The summed E-state index contributed by atoms with van der Waals surface area (Å²) in [5.74, 6) is 1.15. The maximum atomic E-state index is 12.6. The van der Waals surface area contributed by atoms with Crippen molar-refractivity contribution in [1.82, 2.24) is 5.32 Å². The standard InChI is InChI=1S/C25H24N2O4/c1-18(21-12-13-22-23(16-21)30-15-14-29-22)27-31-17-24(28)26-25(19-8-4-2-5-9-19)20-10-6-3-7-11-20/h2-13,16,25H,14-15,17H2,1H3,(H,26,28)/b27-18-. The Bertz CT molecular complexity index is 1010. The molecule has 6 nitrogen and oxygen atoms in total. The Morgan fingerprint density at radius 1 is 0.935 bits per heavy atom. The number of carbonyl (C=O) groups excluding carboxylic acids is 1. The Morgan fingerprint density at radius 2 is 1.55 bits per heavy atom. The van der Waals surface area contributed by atoms with Crippen molar-refractivity contribution in [3.05, 3.63) is 95.6 Å². The van der Waals surface area contributed by atoms with Gasteiger partial charge in [-0.05, 0) is 36.2 Å². The first-order valence-electron chi connectivity index (χ1n) is 10.2. The van der Waals surface area contributed by atoms with E-state index >= 15 is 0 Å². The van der Waals surface area contributed by atoms with Gasteiger partial charge in [0, 0.05) is 5.56 Å². The highest BCUT2D eigenvalue weighted by atomic mass is 16.6. The summed E-state index contributed by atoms with van der Waals surface area (Å²) in [7, 11) is 0. The minimum absolute atomic E-state index is 0.182. The molecule has 6 heteroatoms. The molecule has 31 heavy (non-hydrogen) atoms. The number of hydrogen-bond acceptors (Lipinski definition) is 5. The van der Waals surface area contributed by atoms with Gasteiger partial charge in [-0.3, -0.25) is 4.79 Å². The number of hydrogen-bond donors (Lipinski definition) is 1. The second-order valence-electron chi connectivity index (χ2n) is 7.13. The molecule has 3 aromatic carbocycles. The molecule has 0 saturated heterocycles. The maximum Gasteiger partial charge on any atom is 0.261 e. The summed E-state index contributed by atoms with van der Waals surface area (Å²) in [6.45, 7) is 2.70. The van der Waals surface area contributed by atoms with E-state index in [1.54, 1.807) is 0 Å². The summed E-state index contributed by atoms with van der Waals surface area (Å²) in [4.78, 5) is 17.9. The molecule has 0 spiro atoms. The average Bonchev–Trinajstić information content (AvgIpc) is 2.83. The first-order valence-corrected chi connectivity index (χ1v) is 10.2. The topological polar surface area (TPSA) is 69.2 Å². The second-order valence-corrected chi connectivity index (χ2v) is 7.13. The highest BCUT2D eigenvalue weighted by Gasteiger charge is 2.17. The lowest BCUT2D eigenvalue weighted by Gasteiger charge is -2.19. The number of oxime groups is 1. The smallest absolute Gasteiger partial charge is 0.261 e. The Labute approximate surface area is 181 Å². The van der Waals surface area contributed by atoms with Gasteiger partial charge in [0.15, 0.2) is 18.1 Å². The number of nitrogens with one attached hydrogen (secondary N) is 1. The molecule has 0 fully saturated rings. The number of rotatable bonds is 7. The zero-order valence-electron chi connectivity index (χ0n) is 17.3. The van der Waals surface area contributed by atoms with E-state index in [1.807, 2.05) is 85.8 Å². The monoisotopic (exact) mass is 416 g/mol. The number of benzene rings is 3. The Kier molecular flexibility index (Phi) is 6.47. The van der Waals surface area contributed by atoms with Gasteiger partial charge < -0.3 is 19.6 Å². The van der Waals surface area contributed by atoms with E-state index in [1.165, 1.54) is 0 Å². The van der Waals surface area contributed by atoms with Crippen LogP contribution in [0.4, 0.5) is 0 Å². The fraction of sp³-hybridized carbons (Fsp3) is 0.200. The summed E-state index contributed by atoms with van der Waals surface area (Å²) in [6.07, 6.45) is 0. The summed E-state index contributed by atoms with van der Waals surface area (Å²) in [6, 6.07) is 25.0. The molecule has 1 N–H and O–H groups in total. The van der Waals surface area contributed by atoms with E-state index in [2.05, 4.69) is 10.5 Å². The van der Waals surface area contributed by atoms with Gasteiger partial charge in [-0.15, -0.1) is 0 Å². The molecule has 1 amide bonds. The molecule has 0 radical (unpaired) electrons. The molecule has 1 heterocycles.